The summed E-state index contributed by atoms with van der Waals surface area (Å²) in [5.74, 6) is 0. The van der Waals surface area contributed by atoms with E-state index < -0.39 is 8.32 Å². The fraction of sp³-hybridized carbons (Fsp3) is 0.478. The van der Waals surface area contributed by atoms with Gasteiger partial charge in [-0.15, -0.1) is 0 Å². The Balaban J connectivity index is 2.08. The molecular formula is C23H36NOSi+. The monoisotopic (exact) mass is 370 g/mol. The maximum absolute atomic E-state index is 6.86. The highest BCUT2D eigenvalue weighted by molar-refractivity contribution is 6.74. The summed E-state index contributed by atoms with van der Waals surface area (Å²) in [7, 11) is -1.84. The number of hydrogen-bond acceptors (Lipinski definition) is 1. The van der Waals surface area contributed by atoms with Crippen LogP contribution in [0.2, 0.25) is 18.1 Å². The van der Waals surface area contributed by atoms with Crippen molar-refractivity contribution in [3.05, 3.63) is 71.8 Å². The number of quaternary nitrogens is 1. The summed E-state index contributed by atoms with van der Waals surface area (Å²) in [5.41, 5.74) is 2.69. The Morgan fingerprint density at radius 2 is 1.46 bits per heavy atom. The van der Waals surface area contributed by atoms with Gasteiger partial charge in [0.25, 0.3) is 0 Å². The lowest BCUT2D eigenvalue weighted by Gasteiger charge is -2.40. The highest BCUT2D eigenvalue weighted by Gasteiger charge is 2.41. The first-order chi connectivity index (χ1) is 12.2. The molecule has 2 atom stereocenters. The molecule has 2 rings (SSSR count). The summed E-state index contributed by atoms with van der Waals surface area (Å²) in [4.78, 5) is 0. The van der Waals surface area contributed by atoms with Crippen LogP contribution in [0, 0.1) is 0 Å². The number of nitrogens with two attached hydrogens (primary N) is 1. The summed E-state index contributed by atoms with van der Waals surface area (Å²) < 4.78 is 6.86. The molecule has 0 fully saturated rings. The average molecular weight is 371 g/mol. The van der Waals surface area contributed by atoms with Crippen LogP contribution in [0.3, 0.4) is 0 Å². The summed E-state index contributed by atoms with van der Waals surface area (Å²) >= 11 is 0. The van der Waals surface area contributed by atoms with E-state index in [0.717, 1.165) is 13.0 Å². The predicted octanol–water partition coefficient (Wildman–Crippen LogP) is 4.94. The predicted molar refractivity (Wildman–Crippen MR) is 114 cm³/mol. The van der Waals surface area contributed by atoms with Gasteiger partial charge in [-0.2, -0.15) is 0 Å². The molecule has 0 unspecified atom stereocenters. The summed E-state index contributed by atoms with van der Waals surface area (Å²) in [6, 6.07) is 21.8. The van der Waals surface area contributed by atoms with Crippen LogP contribution in [-0.4, -0.2) is 20.9 Å². The Morgan fingerprint density at radius 1 is 0.923 bits per heavy atom. The average Bonchev–Trinajstić information content (AvgIpc) is 2.60. The fourth-order valence-electron chi connectivity index (χ4n) is 2.90. The third-order valence-corrected chi connectivity index (χ3v) is 10.1. The minimum absolute atomic E-state index is 0.132. The molecule has 0 aliphatic rings. The molecule has 2 aromatic rings. The van der Waals surface area contributed by atoms with Crippen LogP contribution in [0.25, 0.3) is 0 Å². The number of benzene rings is 2. The molecule has 2 aromatic carbocycles. The lowest BCUT2D eigenvalue weighted by Crippen LogP contribution is -2.91. The zero-order valence-corrected chi connectivity index (χ0v) is 18.3. The molecule has 3 heteroatoms. The summed E-state index contributed by atoms with van der Waals surface area (Å²) in [6.45, 7) is 15.0. The lowest BCUT2D eigenvalue weighted by molar-refractivity contribution is -0.693. The third kappa shape index (κ3) is 5.80. The van der Waals surface area contributed by atoms with Crippen molar-refractivity contribution in [2.75, 3.05) is 6.54 Å². The second kappa shape index (κ2) is 8.98. The van der Waals surface area contributed by atoms with E-state index in [1.807, 2.05) is 0 Å². The van der Waals surface area contributed by atoms with Crippen molar-refractivity contribution in [3.8, 4) is 0 Å². The topological polar surface area (TPSA) is 25.8 Å². The van der Waals surface area contributed by atoms with Gasteiger partial charge in [-0.25, -0.2) is 0 Å². The zero-order chi connectivity index (χ0) is 19.2. The Hall–Kier alpha value is -1.42. The first-order valence-electron chi connectivity index (χ1n) is 9.81. The molecule has 2 N–H and O–H groups in total. The molecule has 0 saturated heterocycles. The van der Waals surface area contributed by atoms with Crippen LogP contribution in [0.4, 0.5) is 0 Å². The van der Waals surface area contributed by atoms with Gasteiger partial charge in [0, 0.05) is 6.42 Å². The van der Waals surface area contributed by atoms with Gasteiger partial charge in [-0.05, 0) is 36.2 Å². The van der Waals surface area contributed by atoms with E-state index in [4.69, 9.17) is 4.43 Å². The van der Waals surface area contributed by atoms with E-state index in [1.54, 1.807) is 0 Å². The summed E-state index contributed by atoms with van der Waals surface area (Å²) in [6.07, 6.45) is 1.22. The maximum atomic E-state index is 6.86. The maximum Gasteiger partial charge on any atom is 0.193 e. The van der Waals surface area contributed by atoms with Crippen molar-refractivity contribution in [2.45, 2.75) is 64.4 Å². The normalized spacial score (nSPS) is 14.8. The molecule has 0 saturated carbocycles. The van der Waals surface area contributed by atoms with Gasteiger partial charge in [-0.3, -0.25) is 0 Å². The second-order valence-electron chi connectivity index (χ2n) is 8.83. The molecule has 142 valence electrons. The molecule has 0 radical (unpaired) electrons. The van der Waals surface area contributed by atoms with E-state index in [1.165, 1.54) is 11.1 Å². The third-order valence-electron chi connectivity index (χ3n) is 5.65. The number of hydrogen-bond donors (Lipinski definition) is 1. The quantitative estimate of drug-likeness (QED) is 0.654. The van der Waals surface area contributed by atoms with Crippen LogP contribution in [-0.2, 0) is 10.8 Å². The second-order valence-corrected chi connectivity index (χ2v) is 13.6. The lowest BCUT2D eigenvalue weighted by atomic mass is 10.0. The number of rotatable bonds is 8. The Bertz CT molecular complexity index is 649. The Labute approximate surface area is 161 Å². The molecule has 0 bridgehead atoms. The molecule has 0 heterocycles. The molecule has 26 heavy (non-hydrogen) atoms. The van der Waals surface area contributed by atoms with Crippen molar-refractivity contribution in [2.24, 2.45) is 0 Å². The first kappa shape index (κ1) is 20.9. The highest BCUT2D eigenvalue weighted by atomic mass is 28.4. The van der Waals surface area contributed by atoms with Gasteiger partial charge < -0.3 is 9.74 Å². The molecule has 0 amide bonds. The Morgan fingerprint density at radius 3 is 2.00 bits per heavy atom. The van der Waals surface area contributed by atoms with Gasteiger partial charge >= 0.3 is 0 Å². The molecule has 0 aliphatic carbocycles. The standard InChI is InChI=1S/C23H35NOSi/c1-19(24-18-17-20-13-9-7-10-14-20)22(21-15-11-8-12-16-21)25-26(5,6)23(2,3)4/h7-16,19,22,24H,17-18H2,1-6H3/p+1/t19-,22-/m0/s1. The van der Waals surface area contributed by atoms with E-state index in [2.05, 4.69) is 107 Å². The van der Waals surface area contributed by atoms with Crippen LogP contribution in [0.15, 0.2) is 60.7 Å². The van der Waals surface area contributed by atoms with E-state index in [-0.39, 0.29) is 11.1 Å². The van der Waals surface area contributed by atoms with Crippen molar-refractivity contribution >= 4 is 8.32 Å². The highest BCUT2D eigenvalue weighted by Crippen LogP contribution is 2.40. The van der Waals surface area contributed by atoms with Gasteiger partial charge in [0.1, 0.15) is 12.1 Å². The van der Waals surface area contributed by atoms with Crippen molar-refractivity contribution in [3.63, 3.8) is 0 Å². The van der Waals surface area contributed by atoms with Crippen LogP contribution in [0.5, 0.6) is 0 Å². The molecule has 0 aromatic heterocycles. The van der Waals surface area contributed by atoms with Crippen LogP contribution < -0.4 is 5.32 Å². The summed E-state index contributed by atoms with van der Waals surface area (Å²) in [5, 5.41) is 2.65. The van der Waals surface area contributed by atoms with Crippen LogP contribution >= 0.6 is 0 Å². The smallest absolute Gasteiger partial charge is 0.193 e. The molecule has 2 nitrogen and oxygen atoms in total. The van der Waals surface area contributed by atoms with Crippen LogP contribution in [0.1, 0.15) is 44.9 Å². The van der Waals surface area contributed by atoms with Crippen molar-refractivity contribution < 1.29 is 9.74 Å². The zero-order valence-electron chi connectivity index (χ0n) is 17.3. The SMILES string of the molecule is C[C@H]([NH2+]CCc1ccccc1)[C@H](O[Si](C)(C)C(C)(C)C)c1ccccc1. The minimum Gasteiger partial charge on any atom is -0.404 e. The largest absolute Gasteiger partial charge is 0.404 e. The first-order valence-corrected chi connectivity index (χ1v) is 12.7. The van der Waals surface area contributed by atoms with Gasteiger partial charge in [-0.1, -0.05) is 81.4 Å². The van der Waals surface area contributed by atoms with E-state index >= 15 is 0 Å². The minimum atomic E-state index is -1.84. The Kier molecular flexibility index (Phi) is 7.21. The molecule has 0 spiro atoms. The molecular weight excluding hydrogens is 334 g/mol. The van der Waals surface area contributed by atoms with Gasteiger partial charge in [0.15, 0.2) is 8.32 Å². The van der Waals surface area contributed by atoms with Gasteiger partial charge in [0.2, 0.25) is 0 Å². The van der Waals surface area contributed by atoms with Crippen molar-refractivity contribution in [1.82, 2.24) is 0 Å². The van der Waals surface area contributed by atoms with Gasteiger partial charge in [0.05, 0.1) is 6.54 Å². The van der Waals surface area contributed by atoms with E-state index in [0.29, 0.717) is 6.04 Å². The van der Waals surface area contributed by atoms with E-state index in [9.17, 15) is 0 Å². The fourth-order valence-corrected chi connectivity index (χ4v) is 4.24. The molecule has 0 aliphatic heterocycles. The van der Waals surface area contributed by atoms with Crippen molar-refractivity contribution in [1.29, 1.82) is 0 Å².